The van der Waals surface area contributed by atoms with E-state index < -0.39 is 0 Å². The molecule has 0 aromatic heterocycles. The Balaban J connectivity index is 1.90. The van der Waals surface area contributed by atoms with E-state index in [1.165, 1.54) is 37.8 Å². The zero-order chi connectivity index (χ0) is 14.2. The van der Waals surface area contributed by atoms with Gasteiger partial charge in [0.2, 0.25) is 0 Å². The van der Waals surface area contributed by atoms with Gasteiger partial charge in [-0.3, -0.25) is 0 Å². The summed E-state index contributed by atoms with van der Waals surface area (Å²) in [5, 5.41) is 4.29. The van der Waals surface area contributed by atoms with Crippen LogP contribution in [0.15, 0.2) is 18.2 Å². The Hall–Kier alpha value is -0.800. The van der Waals surface area contributed by atoms with Crippen LogP contribution in [0.3, 0.4) is 0 Å². The maximum Gasteiger partial charge on any atom is 0.124 e. The van der Waals surface area contributed by atoms with Gasteiger partial charge >= 0.3 is 0 Å². The predicted molar refractivity (Wildman–Crippen MR) is 82.0 cm³/mol. The number of nitrogens with zero attached hydrogens (tertiary/aromatic N) is 1. The molecule has 1 aromatic carbocycles. The first-order chi connectivity index (χ1) is 9.63. The first kappa shape index (κ1) is 14.2. The van der Waals surface area contributed by atoms with E-state index in [1.807, 2.05) is 6.07 Å². The van der Waals surface area contributed by atoms with E-state index in [2.05, 4.69) is 17.1 Å². The fourth-order valence-electron chi connectivity index (χ4n) is 3.70. The van der Waals surface area contributed by atoms with E-state index in [-0.39, 0.29) is 11.4 Å². The molecule has 1 saturated carbocycles. The number of anilines is 1. The van der Waals surface area contributed by atoms with Gasteiger partial charge in [0.05, 0.1) is 10.7 Å². The summed E-state index contributed by atoms with van der Waals surface area (Å²) in [5.74, 6) is -0.266. The van der Waals surface area contributed by atoms with Crippen LogP contribution < -0.4 is 10.2 Å². The van der Waals surface area contributed by atoms with Gasteiger partial charge in [0, 0.05) is 24.7 Å². The number of hydrogen-bond donors (Lipinski definition) is 1. The molecule has 1 aromatic rings. The van der Waals surface area contributed by atoms with Crippen molar-refractivity contribution in [3.8, 4) is 0 Å². The Labute approximate surface area is 125 Å². The Morgan fingerprint density at radius 3 is 2.80 bits per heavy atom. The van der Waals surface area contributed by atoms with Crippen molar-refractivity contribution in [2.24, 2.45) is 0 Å². The molecule has 1 spiro atoms. The Morgan fingerprint density at radius 2 is 2.15 bits per heavy atom. The number of hydrogen-bond acceptors (Lipinski definition) is 2. The minimum Gasteiger partial charge on any atom is -0.364 e. The highest BCUT2D eigenvalue weighted by atomic mass is 35.5. The third-order valence-corrected chi connectivity index (χ3v) is 5.18. The van der Waals surface area contributed by atoms with Gasteiger partial charge in [-0.05, 0) is 37.5 Å². The summed E-state index contributed by atoms with van der Waals surface area (Å²) in [4.78, 5) is 2.39. The van der Waals surface area contributed by atoms with E-state index in [0.717, 1.165) is 25.2 Å². The molecular weight excluding hydrogens is 275 g/mol. The second-order valence-corrected chi connectivity index (χ2v) is 6.56. The van der Waals surface area contributed by atoms with Gasteiger partial charge in [-0.2, -0.15) is 0 Å². The molecule has 1 heterocycles. The molecular formula is C16H22ClFN2. The van der Waals surface area contributed by atoms with E-state index in [9.17, 15) is 4.39 Å². The lowest BCUT2D eigenvalue weighted by molar-refractivity contribution is 0.267. The number of piperazine rings is 1. The standard InChI is InChI=1S/C16H22ClFN2/c1-2-13-10-19-16(7-3-4-8-16)11-20(13)15-6-5-12(18)9-14(15)17/h5-6,9,13,19H,2-4,7-8,10-11H2,1H3. The summed E-state index contributed by atoms with van der Waals surface area (Å²) in [5.41, 5.74) is 1.22. The molecule has 0 bridgehead atoms. The maximum atomic E-state index is 13.3. The van der Waals surface area contributed by atoms with Crippen LogP contribution in [0.1, 0.15) is 39.0 Å². The molecule has 1 unspecified atom stereocenters. The minimum absolute atomic E-state index is 0.239. The molecule has 4 heteroatoms. The highest BCUT2D eigenvalue weighted by molar-refractivity contribution is 6.33. The normalized spacial score (nSPS) is 25.4. The summed E-state index contributed by atoms with van der Waals surface area (Å²) in [6.07, 6.45) is 6.14. The van der Waals surface area contributed by atoms with Crippen LogP contribution >= 0.6 is 11.6 Å². The summed E-state index contributed by atoms with van der Waals surface area (Å²) in [6.45, 7) is 4.17. The predicted octanol–water partition coefficient (Wildman–Crippen LogP) is 3.98. The molecule has 0 radical (unpaired) electrons. The maximum absolute atomic E-state index is 13.3. The van der Waals surface area contributed by atoms with Crippen molar-refractivity contribution in [3.05, 3.63) is 29.0 Å². The van der Waals surface area contributed by atoms with Crippen LogP contribution in [0, 0.1) is 5.82 Å². The summed E-state index contributed by atoms with van der Waals surface area (Å²) in [7, 11) is 0. The third kappa shape index (κ3) is 2.53. The van der Waals surface area contributed by atoms with Crippen molar-refractivity contribution in [2.75, 3.05) is 18.0 Å². The van der Waals surface area contributed by atoms with Crippen molar-refractivity contribution in [1.29, 1.82) is 0 Å². The number of halogens is 2. The molecule has 110 valence electrons. The van der Waals surface area contributed by atoms with Crippen molar-refractivity contribution in [2.45, 2.75) is 50.6 Å². The van der Waals surface area contributed by atoms with E-state index in [0.29, 0.717) is 11.1 Å². The van der Waals surface area contributed by atoms with Crippen LogP contribution in [0.25, 0.3) is 0 Å². The number of benzene rings is 1. The van der Waals surface area contributed by atoms with Gasteiger partial charge in [-0.25, -0.2) is 4.39 Å². The second kappa shape index (κ2) is 5.53. The molecule has 1 aliphatic carbocycles. The zero-order valence-electron chi connectivity index (χ0n) is 12.0. The smallest absolute Gasteiger partial charge is 0.124 e. The highest BCUT2D eigenvalue weighted by Gasteiger charge is 2.41. The molecule has 2 fully saturated rings. The van der Waals surface area contributed by atoms with E-state index >= 15 is 0 Å². The molecule has 3 rings (SSSR count). The van der Waals surface area contributed by atoms with Crippen LogP contribution in [-0.4, -0.2) is 24.7 Å². The molecule has 20 heavy (non-hydrogen) atoms. The fraction of sp³-hybridized carbons (Fsp3) is 0.625. The first-order valence-corrected chi connectivity index (χ1v) is 7.98. The molecule has 1 atom stereocenters. The van der Waals surface area contributed by atoms with Crippen molar-refractivity contribution in [1.82, 2.24) is 5.32 Å². The molecule has 1 saturated heterocycles. The first-order valence-electron chi connectivity index (χ1n) is 7.60. The molecule has 1 N–H and O–H groups in total. The van der Waals surface area contributed by atoms with Crippen molar-refractivity contribution >= 4 is 17.3 Å². The lowest BCUT2D eigenvalue weighted by atomic mass is 9.91. The van der Waals surface area contributed by atoms with Crippen LogP contribution in [0.4, 0.5) is 10.1 Å². The number of rotatable bonds is 2. The molecule has 2 aliphatic rings. The molecule has 0 amide bonds. The minimum atomic E-state index is -0.266. The molecule has 1 aliphatic heterocycles. The van der Waals surface area contributed by atoms with Crippen LogP contribution in [0.2, 0.25) is 5.02 Å². The van der Waals surface area contributed by atoms with E-state index in [1.54, 1.807) is 0 Å². The lowest BCUT2D eigenvalue weighted by Crippen LogP contribution is -2.63. The van der Waals surface area contributed by atoms with Crippen LogP contribution in [-0.2, 0) is 0 Å². The van der Waals surface area contributed by atoms with Crippen LogP contribution in [0.5, 0.6) is 0 Å². The van der Waals surface area contributed by atoms with Gasteiger partial charge < -0.3 is 10.2 Å². The van der Waals surface area contributed by atoms with Gasteiger partial charge in [0.25, 0.3) is 0 Å². The highest BCUT2D eigenvalue weighted by Crippen LogP contribution is 2.37. The van der Waals surface area contributed by atoms with Gasteiger partial charge in [0.1, 0.15) is 5.82 Å². The van der Waals surface area contributed by atoms with Gasteiger partial charge in [0.15, 0.2) is 0 Å². The fourth-order valence-corrected chi connectivity index (χ4v) is 3.98. The second-order valence-electron chi connectivity index (χ2n) is 6.15. The average Bonchev–Trinajstić information content (AvgIpc) is 2.87. The third-order valence-electron chi connectivity index (χ3n) is 4.88. The Morgan fingerprint density at radius 1 is 1.40 bits per heavy atom. The number of nitrogens with one attached hydrogen (secondary N) is 1. The van der Waals surface area contributed by atoms with Crippen molar-refractivity contribution < 1.29 is 4.39 Å². The summed E-state index contributed by atoms with van der Waals surface area (Å²) in [6, 6.07) is 5.20. The monoisotopic (exact) mass is 296 g/mol. The van der Waals surface area contributed by atoms with Crippen molar-refractivity contribution in [3.63, 3.8) is 0 Å². The van der Waals surface area contributed by atoms with Gasteiger partial charge in [-0.1, -0.05) is 31.4 Å². The topological polar surface area (TPSA) is 15.3 Å². The summed E-state index contributed by atoms with van der Waals surface area (Å²) >= 11 is 6.28. The quantitative estimate of drug-likeness (QED) is 0.888. The molecule has 2 nitrogen and oxygen atoms in total. The van der Waals surface area contributed by atoms with Gasteiger partial charge in [-0.15, -0.1) is 0 Å². The SMILES string of the molecule is CCC1CNC2(CCCC2)CN1c1ccc(F)cc1Cl. The zero-order valence-corrected chi connectivity index (χ0v) is 12.7. The summed E-state index contributed by atoms with van der Waals surface area (Å²) < 4.78 is 13.3. The average molecular weight is 297 g/mol. The Kier molecular flexibility index (Phi) is 3.91. The van der Waals surface area contributed by atoms with E-state index in [4.69, 9.17) is 11.6 Å². The Bertz CT molecular complexity index is 485. The largest absolute Gasteiger partial charge is 0.364 e. The lowest BCUT2D eigenvalue weighted by Gasteiger charge is -2.47.